The molecular weight excluding hydrogens is 312 g/mol. The quantitative estimate of drug-likeness (QED) is 0.797. The molecule has 1 fully saturated rings. The van der Waals surface area contributed by atoms with Gasteiger partial charge < -0.3 is 10.2 Å². The minimum atomic E-state index is 0.0829. The van der Waals surface area contributed by atoms with Crippen molar-refractivity contribution in [3.8, 4) is 0 Å². The zero-order chi connectivity index (χ0) is 17.6. The summed E-state index contributed by atoms with van der Waals surface area (Å²) in [6.45, 7) is 7.62. The van der Waals surface area contributed by atoms with Crippen LogP contribution >= 0.6 is 0 Å². The molecule has 0 bridgehead atoms. The first-order chi connectivity index (χ1) is 12.1. The number of amides is 1. The third-order valence-electron chi connectivity index (χ3n) is 5.33. The maximum absolute atomic E-state index is 12.1. The van der Waals surface area contributed by atoms with Crippen molar-refractivity contribution < 1.29 is 4.79 Å². The number of nitrogens with one attached hydrogen (secondary N) is 1. The molecule has 5 heteroatoms. The van der Waals surface area contributed by atoms with E-state index in [1.807, 2.05) is 10.7 Å². The Morgan fingerprint density at radius 1 is 1.28 bits per heavy atom. The molecule has 2 aliphatic rings. The van der Waals surface area contributed by atoms with E-state index in [0.717, 1.165) is 37.7 Å². The minimum absolute atomic E-state index is 0.0829. The molecule has 3 rings (SSSR count). The van der Waals surface area contributed by atoms with Gasteiger partial charge in [-0.25, -0.2) is 4.68 Å². The summed E-state index contributed by atoms with van der Waals surface area (Å²) >= 11 is 0. The Morgan fingerprint density at radius 2 is 2.08 bits per heavy atom. The fourth-order valence-electron chi connectivity index (χ4n) is 4.00. The maximum atomic E-state index is 12.1. The van der Waals surface area contributed by atoms with E-state index in [4.69, 9.17) is 0 Å². The number of allylic oxidation sites excluding steroid dienone is 2. The summed E-state index contributed by atoms with van der Waals surface area (Å²) in [4.78, 5) is 14.7. The highest BCUT2D eigenvalue weighted by molar-refractivity contribution is 5.89. The van der Waals surface area contributed by atoms with Gasteiger partial charge in [0.25, 0.3) is 0 Å². The Bertz CT molecular complexity index is 584. The first-order valence-corrected chi connectivity index (χ1v) is 9.82. The van der Waals surface area contributed by atoms with Crippen LogP contribution in [0.2, 0.25) is 0 Å². The van der Waals surface area contributed by atoms with Crippen LogP contribution in [0.5, 0.6) is 0 Å². The SMILES string of the molecule is CC(C)CC(=O)Nc1ccnn1C1CCN(CC2CC=CCC2)CC1. The average molecular weight is 345 g/mol. The Kier molecular flexibility index (Phi) is 6.29. The number of anilines is 1. The molecule has 1 atom stereocenters. The summed E-state index contributed by atoms with van der Waals surface area (Å²) in [5.74, 6) is 2.13. The molecule has 1 aliphatic heterocycles. The number of piperidine rings is 1. The van der Waals surface area contributed by atoms with Crippen molar-refractivity contribution in [2.24, 2.45) is 11.8 Å². The number of likely N-dealkylation sites (tertiary alicyclic amines) is 1. The Labute approximate surface area is 151 Å². The molecule has 1 N–H and O–H groups in total. The van der Waals surface area contributed by atoms with Crippen LogP contribution in [-0.2, 0) is 4.79 Å². The van der Waals surface area contributed by atoms with Crippen LogP contribution in [0.4, 0.5) is 5.82 Å². The molecule has 1 aliphatic carbocycles. The summed E-state index contributed by atoms with van der Waals surface area (Å²) in [6, 6.07) is 2.31. The van der Waals surface area contributed by atoms with Crippen LogP contribution in [0.3, 0.4) is 0 Å². The number of nitrogens with zero attached hydrogens (tertiary/aromatic N) is 3. The van der Waals surface area contributed by atoms with Crippen LogP contribution in [-0.4, -0.2) is 40.2 Å². The highest BCUT2D eigenvalue weighted by Gasteiger charge is 2.25. The second-order valence-corrected chi connectivity index (χ2v) is 7.99. The van der Waals surface area contributed by atoms with Gasteiger partial charge in [-0.15, -0.1) is 0 Å². The van der Waals surface area contributed by atoms with Gasteiger partial charge in [-0.1, -0.05) is 26.0 Å². The summed E-state index contributed by atoms with van der Waals surface area (Å²) in [6.07, 6.45) is 13.0. The van der Waals surface area contributed by atoms with Crippen LogP contribution in [0.1, 0.15) is 58.4 Å². The molecule has 0 aromatic carbocycles. The molecule has 1 amide bonds. The second-order valence-electron chi connectivity index (χ2n) is 7.99. The molecule has 1 aromatic rings. The molecular formula is C20H32N4O. The normalized spacial score (nSPS) is 22.4. The molecule has 1 aromatic heterocycles. The highest BCUT2D eigenvalue weighted by atomic mass is 16.1. The summed E-state index contributed by atoms with van der Waals surface area (Å²) in [5, 5.41) is 7.52. The number of carbonyl (C=O) groups excluding carboxylic acids is 1. The van der Waals surface area contributed by atoms with Crippen LogP contribution < -0.4 is 5.32 Å². The third-order valence-corrected chi connectivity index (χ3v) is 5.33. The molecule has 0 spiro atoms. The Balaban J connectivity index is 1.50. The van der Waals surface area contributed by atoms with E-state index in [-0.39, 0.29) is 5.91 Å². The average Bonchev–Trinajstić information content (AvgIpc) is 3.04. The van der Waals surface area contributed by atoms with Gasteiger partial charge in [-0.05, 0) is 43.9 Å². The number of hydrogen-bond acceptors (Lipinski definition) is 3. The number of hydrogen-bond donors (Lipinski definition) is 1. The van der Waals surface area contributed by atoms with Gasteiger partial charge in [-0.2, -0.15) is 5.10 Å². The van der Waals surface area contributed by atoms with E-state index >= 15 is 0 Å². The fraction of sp³-hybridized carbons (Fsp3) is 0.700. The molecule has 1 unspecified atom stereocenters. The van der Waals surface area contributed by atoms with Crippen molar-refractivity contribution in [3.63, 3.8) is 0 Å². The zero-order valence-corrected chi connectivity index (χ0v) is 15.7. The smallest absolute Gasteiger partial charge is 0.225 e. The van der Waals surface area contributed by atoms with E-state index in [9.17, 15) is 4.79 Å². The summed E-state index contributed by atoms with van der Waals surface area (Å²) < 4.78 is 2.03. The number of rotatable bonds is 6. The zero-order valence-electron chi connectivity index (χ0n) is 15.7. The lowest BCUT2D eigenvalue weighted by atomic mass is 9.93. The standard InChI is InChI=1S/C20H32N4O/c1-16(2)14-20(25)22-19-8-11-21-24(19)18-9-12-23(13-10-18)15-17-6-4-3-5-7-17/h3-4,8,11,16-18H,5-7,9-10,12-15H2,1-2H3,(H,22,25). The van der Waals surface area contributed by atoms with Crippen LogP contribution in [0, 0.1) is 11.8 Å². The first kappa shape index (κ1) is 18.2. The lowest BCUT2D eigenvalue weighted by Gasteiger charge is -2.35. The Hall–Kier alpha value is -1.62. The lowest BCUT2D eigenvalue weighted by Crippen LogP contribution is -2.38. The molecule has 5 nitrogen and oxygen atoms in total. The predicted molar refractivity (Wildman–Crippen MR) is 102 cm³/mol. The van der Waals surface area contributed by atoms with Gasteiger partial charge in [0, 0.05) is 32.1 Å². The van der Waals surface area contributed by atoms with E-state index < -0.39 is 0 Å². The van der Waals surface area contributed by atoms with E-state index in [1.54, 1.807) is 6.20 Å². The number of carbonyl (C=O) groups is 1. The third kappa shape index (κ3) is 5.18. The summed E-state index contributed by atoms with van der Waals surface area (Å²) in [5.41, 5.74) is 0. The molecule has 1 saturated heterocycles. The molecule has 2 heterocycles. The fourth-order valence-corrected chi connectivity index (χ4v) is 4.00. The van der Waals surface area contributed by atoms with Gasteiger partial charge in [-0.3, -0.25) is 4.79 Å². The van der Waals surface area contributed by atoms with Crippen molar-refractivity contribution in [2.75, 3.05) is 25.0 Å². The van der Waals surface area contributed by atoms with Gasteiger partial charge >= 0.3 is 0 Å². The van der Waals surface area contributed by atoms with Crippen molar-refractivity contribution in [1.29, 1.82) is 0 Å². The van der Waals surface area contributed by atoms with Gasteiger partial charge in [0.1, 0.15) is 5.82 Å². The molecule has 25 heavy (non-hydrogen) atoms. The Morgan fingerprint density at radius 3 is 2.76 bits per heavy atom. The van der Waals surface area contributed by atoms with Crippen molar-refractivity contribution >= 4 is 11.7 Å². The van der Waals surface area contributed by atoms with E-state index in [1.165, 1.54) is 25.8 Å². The van der Waals surface area contributed by atoms with E-state index in [2.05, 4.69) is 41.3 Å². The van der Waals surface area contributed by atoms with Crippen LogP contribution in [0.25, 0.3) is 0 Å². The van der Waals surface area contributed by atoms with Gasteiger partial charge in [0.15, 0.2) is 0 Å². The van der Waals surface area contributed by atoms with Crippen molar-refractivity contribution in [2.45, 2.75) is 58.4 Å². The van der Waals surface area contributed by atoms with Gasteiger partial charge in [0.2, 0.25) is 5.91 Å². The van der Waals surface area contributed by atoms with Gasteiger partial charge in [0.05, 0.1) is 12.2 Å². The highest BCUT2D eigenvalue weighted by Crippen LogP contribution is 2.27. The topological polar surface area (TPSA) is 50.2 Å². The first-order valence-electron chi connectivity index (χ1n) is 9.82. The second kappa shape index (κ2) is 8.65. The molecule has 0 saturated carbocycles. The summed E-state index contributed by atoms with van der Waals surface area (Å²) in [7, 11) is 0. The molecule has 0 radical (unpaired) electrons. The maximum Gasteiger partial charge on any atom is 0.225 e. The van der Waals surface area contributed by atoms with E-state index in [0.29, 0.717) is 18.4 Å². The minimum Gasteiger partial charge on any atom is -0.311 e. The lowest BCUT2D eigenvalue weighted by molar-refractivity contribution is -0.116. The van der Waals surface area contributed by atoms with Crippen molar-refractivity contribution in [1.82, 2.24) is 14.7 Å². The monoisotopic (exact) mass is 344 g/mol. The largest absolute Gasteiger partial charge is 0.311 e. The van der Waals surface area contributed by atoms with Crippen LogP contribution in [0.15, 0.2) is 24.4 Å². The molecule has 138 valence electrons. The van der Waals surface area contributed by atoms with Crippen molar-refractivity contribution in [3.05, 3.63) is 24.4 Å². The predicted octanol–water partition coefficient (Wildman–Crippen LogP) is 3.86. The number of aromatic nitrogens is 2.